The first kappa shape index (κ1) is 20.1. The summed E-state index contributed by atoms with van der Waals surface area (Å²) in [5.41, 5.74) is -1.44. The number of esters is 1. The van der Waals surface area contributed by atoms with Gasteiger partial charge in [0.1, 0.15) is 16.9 Å². The van der Waals surface area contributed by atoms with E-state index in [0.717, 1.165) is 4.57 Å². The van der Waals surface area contributed by atoms with Crippen LogP contribution < -0.4 is 25.5 Å². The Morgan fingerprint density at radius 3 is 2.48 bits per heavy atom. The highest BCUT2D eigenvalue weighted by Gasteiger charge is 2.40. The molecule has 0 saturated heterocycles. The number of carbonyl (C=O) groups excluding carboxylic acids is 1. The Balaban J connectivity index is 1.95. The maximum absolute atomic E-state index is 12.6. The number of carbonyl (C=O) groups is 1. The molecule has 31 heavy (non-hydrogen) atoms. The molecule has 1 aromatic heterocycles. The summed E-state index contributed by atoms with van der Waals surface area (Å²) >= 11 is 0. The molecule has 0 aliphatic carbocycles. The van der Waals surface area contributed by atoms with Crippen LogP contribution in [0.2, 0.25) is 0 Å². The third kappa shape index (κ3) is 3.08. The van der Waals surface area contributed by atoms with Crippen LogP contribution in [0.4, 0.5) is 0 Å². The van der Waals surface area contributed by atoms with E-state index in [4.69, 9.17) is 18.9 Å². The molecule has 10 nitrogen and oxygen atoms in total. The summed E-state index contributed by atoms with van der Waals surface area (Å²) in [5, 5.41) is 10.9. The minimum atomic E-state index is -1.26. The molecule has 160 valence electrons. The number of aromatic nitrogens is 2. The number of cyclic esters (lactones) is 1. The molecule has 0 bridgehead atoms. The van der Waals surface area contributed by atoms with E-state index in [2.05, 4.69) is 4.98 Å². The average Bonchev–Trinajstić information content (AvgIpc) is 3.09. The van der Waals surface area contributed by atoms with Gasteiger partial charge in [0.15, 0.2) is 17.6 Å². The van der Waals surface area contributed by atoms with Crippen molar-refractivity contribution in [2.45, 2.75) is 6.10 Å². The van der Waals surface area contributed by atoms with E-state index in [1.54, 1.807) is 24.3 Å². The SMILES string of the molecule is COc1cccc(-n2c(O)c(C3OC(=O)c4c3ccc(OC)c4OC)c(=O)[nH]c2=O)c1. The van der Waals surface area contributed by atoms with Crippen molar-refractivity contribution in [3.8, 4) is 28.8 Å². The van der Waals surface area contributed by atoms with Crippen LogP contribution >= 0.6 is 0 Å². The van der Waals surface area contributed by atoms with Gasteiger partial charge < -0.3 is 24.1 Å². The van der Waals surface area contributed by atoms with Crippen molar-refractivity contribution < 1.29 is 28.8 Å². The molecule has 1 aliphatic heterocycles. The van der Waals surface area contributed by atoms with E-state index in [1.165, 1.54) is 33.5 Å². The third-order valence-corrected chi connectivity index (χ3v) is 4.98. The molecule has 10 heteroatoms. The zero-order valence-corrected chi connectivity index (χ0v) is 16.8. The van der Waals surface area contributed by atoms with Gasteiger partial charge >= 0.3 is 11.7 Å². The summed E-state index contributed by atoms with van der Waals surface area (Å²) in [5.74, 6) is -0.537. The van der Waals surface area contributed by atoms with Crippen molar-refractivity contribution in [3.05, 3.63) is 73.9 Å². The predicted octanol–water partition coefficient (Wildman–Crippen LogP) is 1.52. The van der Waals surface area contributed by atoms with Crippen LogP contribution in [0.25, 0.3) is 5.69 Å². The van der Waals surface area contributed by atoms with Crippen molar-refractivity contribution in [3.63, 3.8) is 0 Å². The molecule has 4 rings (SSSR count). The van der Waals surface area contributed by atoms with Crippen LogP contribution in [0, 0.1) is 0 Å². The van der Waals surface area contributed by atoms with Gasteiger partial charge in [-0.15, -0.1) is 0 Å². The molecule has 0 amide bonds. The lowest BCUT2D eigenvalue weighted by atomic mass is 9.99. The lowest BCUT2D eigenvalue weighted by Gasteiger charge is -2.16. The van der Waals surface area contributed by atoms with Gasteiger partial charge in [-0.1, -0.05) is 12.1 Å². The monoisotopic (exact) mass is 426 g/mol. The molecule has 0 fully saturated rings. The molecular formula is C21H18N2O8. The lowest BCUT2D eigenvalue weighted by molar-refractivity contribution is 0.0447. The Morgan fingerprint density at radius 1 is 1.03 bits per heavy atom. The summed E-state index contributed by atoms with van der Waals surface area (Å²) in [6.07, 6.45) is -1.26. The number of ether oxygens (including phenoxy) is 4. The molecule has 1 aliphatic rings. The quantitative estimate of drug-likeness (QED) is 0.588. The summed E-state index contributed by atoms with van der Waals surface area (Å²) in [7, 11) is 4.24. The van der Waals surface area contributed by atoms with Crippen molar-refractivity contribution in [1.82, 2.24) is 9.55 Å². The summed E-state index contributed by atoms with van der Waals surface area (Å²) in [6.45, 7) is 0. The van der Waals surface area contributed by atoms with E-state index in [0.29, 0.717) is 17.1 Å². The van der Waals surface area contributed by atoms with E-state index >= 15 is 0 Å². The first-order valence-corrected chi connectivity index (χ1v) is 9.09. The molecule has 3 aromatic rings. The van der Waals surface area contributed by atoms with Crippen molar-refractivity contribution in [1.29, 1.82) is 0 Å². The number of methoxy groups -OCH3 is 3. The van der Waals surface area contributed by atoms with Gasteiger partial charge in [0, 0.05) is 11.6 Å². The number of fused-ring (bicyclic) bond motifs is 1. The first-order chi connectivity index (χ1) is 14.9. The summed E-state index contributed by atoms with van der Waals surface area (Å²) < 4.78 is 21.9. The molecule has 2 N–H and O–H groups in total. The fraction of sp³-hybridized carbons (Fsp3) is 0.190. The van der Waals surface area contributed by atoms with Crippen LogP contribution in [0.1, 0.15) is 27.6 Å². The fourth-order valence-electron chi connectivity index (χ4n) is 3.58. The van der Waals surface area contributed by atoms with E-state index < -0.39 is 29.2 Å². The Hall–Kier alpha value is -4.21. The number of nitrogens with zero attached hydrogens (tertiary/aromatic N) is 1. The minimum Gasteiger partial charge on any atom is -0.497 e. The smallest absolute Gasteiger partial charge is 0.343 e. The average molecular weight is 426 g/mol. The van der Waals surface area contributed by atoms with E-state index in [1.807, 2.05) is 0 Å². The molecule has 0 spiro atoms. The second-order valence-corrected chi connectivity index (χ2v) is 6.58. The lowest BCUT2D eigenvalue weighted by Crippen LogP contribution is -2.32. The first-order valence-electron chi connectivity index (χ1n) is 9.09. The number of aromatic amines is 1. The number of aromatic hydroxyl groups is 1. The van der Waals surface area contributed by atoms with Crippen LogP contribution in [0.3, 0.4) is 0 Å². The van der Waals surface area contributed by atoms with Gasteiger partial charge in [-0.25, -0.2) is 14.2 Å². The Labute approximate surface area is 175 Å². The van der Waals surface area contributed by atoms with Crippen molar-refractivity contribution >= 4 is 5.97 Å². The van der Waals surface area contributed by atoms with Crippen molar-refractivity contribution in [2.75, 3.05) is 21.3 Å². The third-order valence-electron chi connectivity index (χ3n) is 4.98. The van der Waals surface area contributed by atoms with Gasteiger partial charge in [-0.2, -0.15) is 0 Å². The number of H-pyrrole nitrogens is 1. The fourth-order valence-corrected chi connectivity index (χ4v) is 3.58. The topological polar surface area (TPSA) is 129 Å². The summed E-state index contributed by atoms with van der Waals surface area (Å²) in [6, 6.07) is 9.42. The number of rotatable bonds is 5. The van der Waals surface area contributed by atoms with Gasteiger partial charge in [0.2, 0.25) is 5.88 Å². The second kappa shape index (κ2) is 7.56. The number of hydrogen-bond acceptors (Lipinski definition) is 8. The summed E-state index contributed by atoms with van der Waals surface area (Å²) in [4.78, 5) is 39.9. The van der Waals surface area contributed by atoms with Crippen molar-refractivity contribution in [2.24, 2.45) is 0 Å². The molecular weight excluding hydrogens is 408 g/mol. The zero-order chi connectivity index (χ0) is 22.3. The van der Waals surface area contributed by atoms with Crippen LogP contribution in [-0.4, -0.2) is 42.0 Å². The molecule has 2 heterocycles. The molecule has 0 radical (unpaired) electrons. The van der Waals surface area contributed by atoms with Crippen LogP contribution in [0.5, 0.6) is 23.1 Å². The number of hydrogen-bond donors (Lipinski definition) is 2. The van der Waals surface area contributed by atoms with Gasteiger partial charge in [-0.05, 0) is 18.2 Å². The van der Waals surface area contributed by atoms with E-state index in [-0.39, 0.29) is 22.6 Å². The standard InChI is InChI=1S/C21H18N2O8/c1-28-11-6-4-5-10(9-11)23-19(25)15(18(24)22-21(23)27)16-12-7-8-13(29-2)17(30-3)14(12)20(26)31-16/h4-9,16,25H,1-3H3,(H,22,24,27). The maximum atomic E-state index is 12.6. The zero-order valence-electron chi connectivity index (χ0n) is 16.8. The largest absolute Gasteiger partial charge is 0.497 e. The maximum Gasteiger partial charge on any atom is 0.343 e. The number of nitrogens with one attached hydrogen (secondary N) is 1. The van der Waals surface area contributed by atoms with Gasteiger partial charge in [0.05, 0.1) is 27.0 Å². The van der Waals surface area contributed by atoms with Gasteiger partial charge in [0.25, 0.3) is 5.56 Å². The van der Waals surface area contributed by atoms with Gasteiger partial charge in [-0.3, -0.25) is 9.78 Å². The minimum absolute atomic E-state index is 0.0739. The normalized spacial score (nSPS) is 14.7. The Bertz CT molecular complexity index is 1310. The Kier molecular flexibility index (Phi) is 4.90. The van der Waals surface area contributed by atoms with E-state index in [9.17, 15) is 19.5 Å². The Morgan fingerprint density at radius 2 is 1.81 bits per heavy atom. The highest BCUT2D eigenvalue weighted by Crippen LogP contribution is 2.45. The molecule has 2 aromatic carbocycles. The molecule has 1 unspecified atom stereocenters. The van der Waals surface area contributed by atoms with Crippen LogP contribution in [-0.2, 0) is 4.74 Å². The van der Waals surface area contributed by atoms with Crippen LogP contribution in [0.15, 0.2) is 46.0 Å². The molecule has 1 atom stereocenters. The second-order valence-electron chi connectivity index (χ2n) is 6.58. The predicted molar refractivity (Wildman–Crippen MR) is 108 cm³/mol. The number of benzene rings is 2. The highest BCUT2D eigenvalue weighted by molar-refractivity contribution is 5.98. The molecule has 0 saturated carbocycles. The highest BCUT2D eigenvalue weighted by atomic mass is 16.6.